The predicted molar refractivity (Wildman–Crippen MR) is 95.3 cm³/mol. The second kappa shape index (κ2) is 245. The van der Waals surface area contributed by atoms with Crippen molar-refractivity contribution in [3.05, 3.63) is 79.8 Å². The molecule has 0 saturated heterocycles. The van der Waals surface area contributed by atoms with Crippen LogP contribution in [-0.4, -0.2) is 21.4 Å². The Balaban J connectivity index is -0.0000000109. The first-order valence-electron chi connectivity index (χ1n) is 6.15. The van der Waals surface area contributed by atoms with Crippen LogP contribution in [0.3, 0.4) is 0 Å². The van der Waals surface area contributed by atoms with E-state index in [0.717, 1.165) is 0 Å². The Morgan fingerprint density at radius 1 is 0.325 bits per heavy atom. The van der Waals surface area contributed by atoms with Gasteiger partial charge in [0.25, 0.3) is 0 Å². The first-order valence-corrected chi connectivity index (χ1v) is 6.15. The molecule has 0 aliphatic rings. The monoisotopic (exact) mass is 738 g/mol. The van der Waals surface area contributed by atoms with Gasteiger partial charge in [0.05, 0.1) is 0 Å². The summed E-state index contributed by atoms with van der Waals surface area (Å²) in [6.45, 7) is 60.3. The van der Waals surface area contributed by atoms with Gasteiger partial charge in [0.1, 0.15) is 11.2 Å². The van der Waals surface area contributed by atoms with Crippen molar-refractivity contribution in [3.8, 4) is 23.7 Å². The van der Waals surface area contributed by atoms with Gasteiger partial charge in [-0.2, -0.15) is 0 Å². The normalized spacial score (nSPS) is 3.85. The van der Waals surface area contributed by atoms with E-state index in [1.807, 2.05) is 0 Å². The van der Waals surface area contributed by atoms with Crippen molar-refractivity contribution < 1.29 is 133 Å². The van der Waals surface area contributed by atoms with Crippen LogP contribution in [0.1, 0.15) is 27.7 Å². The van der Waals surface area contributed by atoms with Crippen LogP contribution in [0.25, 0.3) is 0 Å². The van der Waals surface area contributed by atoms with Crippen LogP contribution < -0.4 is 0 Å². The molecule has 222 valence electrons. The molecule has 0 amide bonds. The summed E-state index contributed by atoms with van der Waals surface area (Å²) in [6.07, 6.45) is 0. The van der Waals surface area contributed by atoms with Crippen LogP contribution in [0.15, 0.2) is 0 Å². The number of hydrogen-bond donors (Lipinski definition) is 2. The summed E-state index contributed by atoms with van der Waals surface area (Å²) >= 11 is 0. The molecule has 0 spiro atoms. The molecule has 0 heterocycles. The summed E-state index contributed by atoms with van der Waals surface area (Å²) in [5, 5.41) is 18.3. The molecule has 0 bridgehead atoms. The first kappa shape index (κ1) is 118. The van der Waals surface area contributed by atoms with E-state index in [9.17, 15) is 0 Å². The zero-order valence-electron chi connectivity index (χ0n) is 20.1. The summed E-state index contributed by atoms with van der Waals surface area (Å²) in [4.78, 5) is 0. The van der Waals surface area contributed by atoms with Gasteiger partial charge in [-0.25, -0.2) is 0 Å². The third-order valence-corrected chi connectivity index (χ3v) is 0.799. The van der Waals surface area contributed by atoms with Crippen LogP contribution in [0.5, 0.6) is 0 Å². The summed E-state index contributed by atoms with van der Waals surface area (Å²) < 4.78 is 90.0. The number of hydrogen-bond acceptors (Lipinski definition) is 2. The fraction of sp³-hybridized carbons (Fsp3) is 0.273. The second-order valence-corrected chi connectivity index (χ2v) is 3.62. The maximum atomic E-state index is 9.14. The molecule has 0 unspecified atom stereocenters. The third kappa shape index (κ3) is 910. The molecule has 4 radical (unpaired) electrons. The van der Waals surface area contributed by atoms with Crippen molar-refractivity contribution in [2.24, 2.45) is 0 Å². The SMILES string of the molecule is CC(C)(O)C#CC#CC(C)(C)O.[C-]#[O+].[C-]#[O+].[C-]#[O+].[C-]#[O+].[C-]#[O+].[C-]#[O+].[C-]#[O+].[C-]#[O+].[C-]#[O+].[C-]#[O+].[C-]#[O+].[C-]#[O+].[Co].[Co].[Co].[Co]. The van der Waals surface area contributed by atoms with E-state index < -0.39 is 11.2 Å². The Morgan fingerprint density at radius 3 is 0.450 bits per heavy atom. The average molecular weight is 738 g/mol. The molecule has 2 N–H and O–H groups in total. The van der Waals surface area contributed by atoms with Crippen LogP contribution in [0.4, 0.5) is 0 Å². The molecular formula is C22H14Co4O14. The van der Waals surface area contributed by atoms with Gasteiger partial charge in [0.2, 0.25) is 0 Å². The summed E-state index contributed by atoms with van der Waals surface area (Å²) in [6, 6.07) is 0. The standard InChI is InChI=1S/C10H14O2.12CO.4Co/c1-9(2,11)7-5-6-8-10(3,4)12;12*1-2;;;;/h11-12H,1-4H3;;;;;;;;;;;;;;;;. The van der Waals surface area contributed by atoms with Crippen molar-refractivity contribution in [2.75, 3.05) is 0 Å². The number of aliphatic hydroxyl groups is 2. The second-order valence-electron chi connectivity index (χ2n) is 3.62. The van der Waals surface area contributed by atoms with Crippen LogP contribution in [0, 0.1) is 103 Å². The van der Waals surface area contributed by atoms with Gasteiger partial charge in [-0.15, -0.1) is 0 Å². The molecule has 14 nitrogen and oxygen atoms in total. The average Bonchev–Trinajstić information content (AvgIpc) is 2.99. The minimum Gasteiger partial charge on any atom is 0 e. The number of rotatable bonds is 0. The molecule has 0 aromatic heterocycles. The van der Waals surface area contributed by atoms with Gasteiger partial charge < -0.3 is 10.2 Å². The van der Waals surface area contributed by atoms with Gasteiger partial charge in [-0.1, -0.05) is 11.8 Å². The van der Waals surface area contributed by atoms with Crippen molar-refractivity contribution in [1.82, 2.24) is 0 Å². The molecule has 0 aromatic carbocycles. The fourth-order valence-electron chi connectivity index (χ4n) is 0.368. The molecule has 0 atom stereocenters. The van der Waals surface area contributed by atoms with E-state index in [0.29, 0.717) is 0 Å². The first-order chi connectivity index (χ1) is 17.2. The van der Waals surface area contributed by atoms with Crippen LogP contribution in [-0.2, 0) is 123 Å². The summed E-state index contributed by atoms with van der Waals surface area (Å²) in [5.41, 5.74) is -2.04. The van der Waals surface area contributed by atoms with E-state index in [2.05, 4.69) is 103 Å². The van der Waals surface area contributed by atoms with Crippen molar-refractivity contribution >= 4 is 0 Å². The maximum Gasteiger partial charge on any atom is 0 e. The minimum absolute atomic E-state index is 0. The molecule has 0 saturated carbocycles. The van der Waals surface area contributed by atoms with E-state index in [1.165, 1.54) is 0 Å². The maximum absolute atomic E-state index is 9.14. The van der Waals surface area contributed by atoms with E-state index in [-0.39, 0.29) is 67.1 Å². The van der Waals surface area contributed by atoms with Gasteiger partial charge in [-0.3, -0.25) is 0 Å². The molecule has 0 aliphatic carbocycles. The van der Waals surface area contributed by atoms with Gasteiger partial charge >= 0.3 is 136 Å². The summed E-state index contributed by atoms with van der Waals surface area (Å²) in [7, 11) is 0. The van der Waals surface area contributed by atoms with Crippen molar-refractivity contribution in [1.29, 1.82) is 0 Å². The quantitative estimate of drug-likeness (QED) is 0.198. The summed E-state index contributed by atoms with van der Waals surface area (Å²) in [5.74, 6) is 9.95. The van der Waals surface area contributed by atoms with E-state index >= 15 is 0 Å². The van der Waals surface area contributed by atoms with Gasteiger partial charge in [0, 0.05) is 67.1 Å². The van der Waals surface area contributed by atoms with Crippen LogP contribution >= 0.6 is 0 Å². The Bertz CT molecular complexity index is 588. The zero-order chi connectivity index (χ0) is 33.8. The predicted octanol–water partition coefficient (Wildman–Crippen LogP) is 0.0749. The fourth-order valence-corrected chi connectivity index (χ4v) is 0.368. The molecule has 0 aliphatic heterocycles. The van der Waals surface area contributed by atoms with E-state index in [4.69, 9.17) is 66.0 Å². The zero-order valence-corrected chi connectivity index (χ0v) is 24.3. The molecule has 0 aromatic rings. The Labute approximate surface area is 274 Å². The largest absolute Gasteiger partial charge is 0 e. The Morgan fingerprint density at radius 2 is 0.400 bits per heavy atom. The van der Waals surface area contributed by atoms with E-state index in [1.54, 1.807) is 27.7 Å². The van der Waals surface area contributed by atoms with Crippen molar-refractivity contribution in [2.45, 2.75) is 38.9 Å². The molecular weight excluding hydrogens is 724 g/mol. The van der Waals surface area contributed by atoms with Gasteiger partial charge in [0.15, 0.2) is 0 Å². The third-order valence-electron chi connectivity index (χ3n) is 0.799. The van der Waals surface area contributed by atoms with Crippen LogP contribution in [0.2, 0.25) is 0 Å². The molecule has 40 heavy (non-hydrogen) atoms. The topological polar surface area (TPSA) is 279 Å². The van der Waals surface area contributed by atoms with Crippen molar-refractivity contribution in [3.63, 3.8) is 0 Å². The molecule has 0 fully saturated rings. The molecule has 0 rings (SSSR count). The van der Waals surface area contributed by atoms with Gasteiger partial charge in [-0.05, 0) is 39.5 Å². The minimum atomic E-state index is -1.02. The molecule has 18 heteroatoms. The Hall–Kier alpha value is -2.05. The Kier molecular flexibility index (Phi) is 724. The smallest absolute Gasteiger partial charge is 0 e.